The van der Waals surface area contributed by atoms with Crippen molar-refractivity contribution in [1.82, 2.24) is 0 Å². The molecule has 0 fully saturated rings. The van der Waals surface area contributed by atoms with Gasteiger partial charge >= 0.3 is 29.0 Å². The van der Waals surface area contributed by atoms with E-state index in [9.17, 15) is 4.79 Å². The van der Waals surface area contributed by atoms with Crippen LogP contribution in [0.4, 0.5) is 0 Å². The number of benzene rings is 2. The fourth-order valence-electron chi connectivity index (χ4n) is 1.45. The van der Waals surface area contributed by atoms with E-state index in [0.29, 0.717) is 5.56 Å². The smallest absolute Gasteiger partial charge is 0.295 e. The molecule has 0 spiro atoms. The van der Waals surface area contributed by atoms with Crippen LogP contribution in [0.15, 0.2) is 42.5 Å². The maximum absolute atomic E-state index is 11.2. The summed E-state index contributed by atoms with van der Waals surface area (Å²) in [5.41, 5.74) is 0.366. The maximum Gasteiger partial charge on any atom is 0.373 e. The SMILES string of the molecule is O=C(OO)c1cccc2ccccc12.[MgH2]. The minimum absolute atomic E-state index is 0. The molecule has 0 atom stereocenters. The molecule has 2 aromatic carbocycles. The zero-order valence-electron chi connectivity index (χ0n) is 7.31. The van der Waals surface area contributed by atoms with Gasteiger partial charge in [-0.05, 0) is 16.8 Å². The van der Waals surface area contributed by atoms with Crippen LogP contribution in [-0.2, 0) is 4.89 Å². The highest BCUT2D eigenvalue weighted by Gasteiger charge is 2.09. The highest BCUT2D eigenvalue weighted by atomic mass is 24.3. The molecule has 0 aliphatic rings. The van der Waals surface area contributed by atoms with E-state index in [4.69, 9.17) is 5.26 Å². The van der Waals surface area contributed by atoms with Crippen molar-refractivity contribution in [2.24, 2.45) is 0 Å². The average molecular weight is 215 g/mol. The summed E-state index contributed by atoms with van der Waals surface area (Å²) in [4.78, 5) is 14.9. The molecule has 0 radical (unpaired) electrons. The highest BCUT2D eigenvalue weighted by molar-refractivity contribution is 6.04. The van der Waals surface area contributed by atoms with Gasteiger partial charge in [0, 0.05) is 0 Å². The molecule has 0 saturated heterocycles. The molecule has 1 N–H and O–H groups in total. The van der Waals surface area contributed by atoms with E-state index in [2.05, 4.69) is 4.89 Å². The van der Waals surface area contributed by atoms with Gasteiger partial charge in [0.05, 0.1) is 5.56 Å². The Balaban J connectivity index is 0.00000112. The third-order valence-electron chi connectivity index (χ3n) is 2.09. The molecular weight excluding hydrogens is 204 g/mol. The van der Waals surface area contributed by atoms with E-state index in [-0.39, 0.29) is 23.1 Å². The molecule has 2 rings (SSSR count). The minimum atomic E-state index is -0.734. The zero-order valence-corrected chi connectivity index (χ0v) is 7.31. The number of hydrogen-bond acceptors (Lipinski definition) is 3. The second-order valence-electron chi connectivity index (χ2n) is 2.91. The Labute approximate surface area is 103 Å². The van der Waals surface area contributed by atoms with Crippen LogP contribution in [0.2, 0.25) is 0 Å². The van der Waals surface area contributed by atoms with Gasteiger partial charge in [0.25, 0.3) is 0 Å². The molecule has 0 unspecified atom stereocenters. The lowest BCUT2D eigenvalue weighted by Gasteiger charge is -2.02. The molecule has 0 aliphatic heterocycles. The van der Waals surface area contributed by atoms with E-state index < -0.39 is 5.97 Å². The van der Waals surface area contributed by atoms with Gasteiger partial charge in [0.1, 0.15) is 0 Å². The van der Waals surface area contributed by atoms with Crippen LogP contribution in [0.5, 0.6) is 0 Å². The van der Waals surface area contributed by atoms with Gasteiger partial charge in [-0.15, -0.1) is 0 Å². The Morgan fingerprint density at radius 2 is 1.73 bits per heavy atom. The van der Waals surface area contributed by atoms with Crippen molar-refractivity contribution in [3.8, 4) is 0 Å². The number of carbonyl (C=O) groups is 1. The Hall–Kier alpha value is -1.10. The van der Waals surface area contributed by atoms with Gasteiger partial charge in [-0.1, -0.05) is 36.4 Å². The highest BCUT2D eigenvalue weighted by Crippen LogP contribution is 2.18. The molecule has 0 aromatic heterocycles. The van der Waals surface area contributed by atoms with Crippen LogP contribution < -0.4 is 0 Å². The largest absolute Gasteiger partial charge is 0.373 e. The summed E-state index contributed by atoms with van der Waals surface area (Å²) < 4.78 is 0. The summed E-state index contributed by atoms with van der Waals surface area (Å²) in [6.45, 7) is 0. The van der Waals surface area contributed by atoms with Crippen LogP contribution in [0.25, 0.3) is 10.8 Å². The molecule has 0 aliphatic carbocycles. The molecule has 2 aromatic rings. The van der Waals surface area contributed by atoms with Crippen molar-refractivity contribution >= 4 is 39.8 Å². The maximum atomic E-state index is 11.2. The van der Waals surface area contributed by atoms with Crippen molar-refractivity contribution in [1.29, 1.82) is 0 Å². The van der Waals surface area contributed by atoms with Crippen LogP contribution >= 0.6 is 0 Å². The summed E-state index contributed by atoms with van der Waals surface area (Å²) in [6.07, 6.45) is 0. The molecule has 15 heavy (non-hydrogen) atoms. The first-order valence-electron chi connectivity index (χ1n) is 4.16. The number of fused-ring (bicyclic) bond motifs is 1. The summed E-state index contributed by atoms with van der Waals surface area (Å²) in [5.74, 6) is -0.734. The van der Waals surface area contributed by atoms with Gasteiger partial charge in [-0.3, -0.25) is 4.89 Å². The molecule has 0 saturated carbocycles. The van der Waals surface area contributed by atoms with Crippen LogP contribution in [0, 0.1) is 0 Å². The van der Waals surface area contributed by atoms with Gasteiger partial charge in [-0.2, -0.15) is 5.26 Å². The number of rotatable bonds is 1. The summed E-state index contributed by atoms with van der Waals surface area (Å²) in [5, 5.41) is 10.0. The predicted molar refractivity (Wildman–Crippen MR) is 60.5 cm³/mol. The van der Waals surface area contributed by atoms with E-state index in [1.807, 2.05) is 30.3 Å². The van der Waals surface area contributed by atoms with Gasteiger partial charge < -0.3 is 0 Å². The first kappa shape index (κ1) is 12.0. The summed E-state index contributed by atoms with van der Waals surface area (Å²) >= 11 is 0. The van der Waals surface area contributed by atoms with E-state index in [1.54, 1.807) is 12.1 Å². The third kappa shape index (κ3) is 2.28. The van der Waals surface area contributed by atoms with E-state index in [1.165, 1.54) is 0 Å². The molecular formula is C11H10MgO3. The molecule has 0 bridgehead atoms. The van der Waals surface area contributed by atoms with Gasteiger partial charge in [0.2, 0.25) is 0 Å². The monoisotopic (exact) mass is 214 g/mol. The summed E-state index contributed by atoms with van der Waals surface area (Å²) in [6, 6.07) is 12.7. The minimum Gasteiger partial charge on any atom is -0.295 e. The van der Waals surface area contributed by atoms with Crippen molar-refractivity contribution in [3.63, 3.8) is 0 Å². The lowest BCUT2D eigenvalue weighted by Crippen LogP contribution is -2.01. The van der Waals surface area contributed by atoms with Crippen molar-refractivity contribution in [3.05, 3.63) is 48.0 Å². The molecule has 3 nitrogen and oxygen atoms in total. The predicted octanol–water partition coefficient (Wildman–Crippen LogP) is 1.55. The second-order valence-corrected chi connectivity index (χ2v) is 2.91. The second kappa shape index (κ2) is 5.11. The molecule has 0 amide bonds. The Morgan fingerprint density at radius 3 is 2.47 bits per heavy atom. The van der Waals surface area contributed by atoms with E-state index in [0.717, 1.165) is 10.8 Å². The van der Waals surface area contributed by atoms with Crippen LogP contribution in [0.3, 0.4) is 0 Å². The Bertz CT molecular complexity index is 477. The molecule has 4 heteroatoms. The fourth-order valence-corrected chi connectivity index (χ4v) is 1.45. The van der Waals surface area contributed by atoms with Crippen molar-refractivity contribution in [2.75, 3.05) is 0 Å². The first-order valence-corrected chi connectivity index (χ1v) is 4.16. The van der Waals surface area contributed by atoms with Crippen LogP contribution in [0.1, 0.15) is 10.4 Å². The normalized spacial score (nSPS) is 9.40. The topological polar surface area (TPSA) is 46.5 Å². The summed E-state index contributed by atoms with van der Waals surface area (Å²) in [7, 11) is 0. The standard InChI is InChI=1S/C11H8O3.Mg.2H/c12-11(14-13)10-7-3-5-8-4-1-2-6-9(8)10;;;/h1-7,13H;;;. The van der Waals surface area contributed by atoms with Gasteiger partial charge in [0.15, 0.2) is 0 Å². The quantitative estimate of drug-likeness (QED) is 0.445. The lowest BCUT2D eigenvalue weighted by molar-refractivity contribution is -0.182. The molecule has 0 heterocycles. The lowest BCUT2D eigenvalue weighted by atomic mass is 10.1. The first-order chi connectivity index (χ1) is 6.83. The molecule has 74 valence electrons. The van der Waals surface area contributed by atoms with Crippen molar-refractivity contribution in [2.45, 2.75) is 0 Å². The Kier molecular flexibility index (Phi) is 4.08. The zero-order chi connectivity index (χ0) is 9.97. The number of hydrogen-bond donors (Lipinski definition) is 1. The third-order valence-corrected chi connectivity index (χ3v) is 2.09. The van der Waals surface area contributed by atoms with Crippen molar-refractivity contribution < 1.29 is 14.9 Å². The fraction of sp³-hybridized carbons (Fsp3) is 0. The van der Waals surface area contributed by atoms with Crippen LogP contribution in [-0.4, -0.2) is 34.3 Å². The Morgan fingerprint density at radius 1 is 1.07 bits per heavy atom. The number of carbonyl (C=O) groups excluding carboxylic acids is 1. The average Bonchev–Trinajstić information content (AvgIpc) is 2.27. The van der Waals surface area contributed by atoms with E-state index >= 15 is 0 Å². The van der Waals surface area contributed by atoms with Gasteiger partial charge in [-0.25, -0.2) is 4.79 Å².